The Bertz CT molecular complexity index is 3530. The molecule has 8 rings (SSSR count). The molecule has 1 spiro atoms. The summed E-state index contributed by atoms with van der Waals surface area (Å²) in [6, 6.07) is -4.95. The number of halogens is 4. The third kappa shape index (κ3) is 20.8. The van der Waals surface area contributed by atoms with Crippen molar-refractivity contribution >= 4 is 82.5 Å². The number of likely N-dealkylation sites (tertiary alicyclic amines) is 1. The second kappa shape index (κ2) is 38.1. The molecule has 3 aliphatic carbocycles. The van der Waals surface area contributed by atoms with E-state index in [-0.39, 0.29) is 75.3 Å². The van der Waals surface area contributed by atoms with Crippen LogP contribution in [0.4, 0.5) is 13.2 Å². The van der Waals surface area contributed by atoms with Crippen LogP contribution < -0.4 is 16.0 Å². The summed E-state index contributed by atoms with van der Waals surface area (Å²) in [5.41, 5.74) is -1.93. The number of amides is 12. The lowest BCUT2D eigenvalue weighted by molar-refractivity contribution is -0.160. The Balaban J connectivity index is 1.22. The molecular weight excluding hydrogens is 1420 g/mol. The van der Waals surface area contributed by atoms with Crippen molar-refractivity contribution in [2.24, 2.45) is 23.7 Å². The maximum Gasteiger partial charge on any atom is 0.417 e. The molecule has 3 N–H and O–H groups in total. The normalized spacial score (nSPS) is 27.1. The summed E-state index contributed by atoms with van der Waals surface area (Å²) in [6.45, 7) is 9.12. The van der Waals surface area contributed by atoms with E-state index in [4.69, 9.17) is 11.6 Å². The highest BCUT2D eigenvalue weighted by atomic mass is 35.5. The first-order valence-corrected chi connectivity index (χ1v) is 39.6. The number of likely N-dealkylation sites (N-methyl/N-ethyl adjacent to an activating group) is 7. The number of aryl methyl sites for hydroxylation is 1. The molecule has 3 aliphatic heterocycles. The van der Waals surface area contributed by atoms with Crippen LogP contribution in [0.2, 0.25) is 5.02 Å². The summed E-state index contributed by atoms with van der Waals surface area (Å²) >= 11 is 6.22. The predicted molar refractivity (Wildman–Crippen MR) is 400 cm³/mol. The topological polar surface area (TPSA) is 283 Å². The number of pyridine rings is 1. The summed E-state index contributed by atoms with van der Waals surface area (Å²) in [7, 11) is 10.1. The number of carbonyl (C=O) groups excluding carboxylic acids is 12. The maximum absolute atomic E-state index is 16.0. The zero-order valence-electron chi connectivity index (χ0n) is 65.4. The van der Waals surface area contributed by atoms with Gasteiger partial charge in [-0.25, -0.2) is 0 Å². The number of nitrogens with one attached hydrogen (secondary N) is 3. The first-order chi connectivity index (χ1) is 51.1. The Morgan fingerprint density at radius 3 is 1.82 bits per heavy atom. The number of piperidine rings is 1. The van der Waals surface area contributed by atoms with Gasteiger partial charge in [-0.05, 0) is 143 Å². The van der Waals surface area contributed by atoms with Crippen LogP contribution in [0.5, 0.6) is 0 Å². The van der Waals surface area contributed by atoms with E-state index >= 15 is 38.4 Å². The van der Waals surface area contributed by atoms with Crippen LogP contribution in [0.15, 0.2) is 42.7 Å². The number of benzene rings is 1. The third-order valence-corrected chi connectivity index (χ3v) is 24.4. The van der Waals surface area contributed by atoms with Gasteiger partial charge in [0.25, 0.3) is 0 Å². The average molecular weight is 1530 g/mol. The first-order valence-electron chi connectivity index (χ1n) is 39.2. The van der Waals surface area contributed by atoms with E-state index < -0.39 is 172 Å². The van der Waals surface area contributed by atoms with Gasteiger partial charge in [0.05, 0.1) is 23.6 Å². The standard InChI is InChI=1S/C79H117ClF3N13O12/c1-13-50(4)66-75(106)89(7)51(5)70(101)96-42-35-59(96)73(104)92(10)62(46-52-25-17-14-18-26-52)72(103)88(6)48-64(97)85-58(32-30-53-29-31-56(57(80)44-53)79(81,82)83)71(102)91(9)61(45-54-33-38-84-39-34-54)69(100)87-78(36-21-22-37-78)77(108)94(12)67(55-27-19-15-20-28-55)76(107)93(11)63(74(105)95-40-23-16-24-41-95)47-65(98)90(8)60(43-49(2)3)68(99)86-66/h29,31,33-34,38-39,44,49-52,55,58-63,66-67H,13-28,30,32,35-37,40-43,45-48H2,1-12H3,(H,85,97)(H,86,99)(H,87,100)/t50-,51-,58-,59-,60-,61-,62-,63-,66-,67-/m0/s1. The van der Waals surface area contributed by atoms with E-state index in [2.05, 4.69) is 20.9 Å². The zero-order valence-corrected chi connectivity index (χ0v) is 66.2. The fraction of sp³-hybridized carbons (Fsp3) is 0.709. The minimum atomic E-state index is -4.78. The van der Waals surface area contributed by atoms with Crippen LogP contribution in [-0.4, -0.2) is 255 Å². The van der Waals surface area contributed by atoms with Crippen LogP contribution in [0.25, 0.3) is 0 Å². The number of fused-ring (bicyclic) bond motifs is 1. The van der Waals surface area contributed by atoms with Crippen molar-refractivity contribution in [1.82, 2.24) is 65.0 Å². The Morgan fingerprint density at radius 1 is 0.630 bits per heavy atom. The minimum Gasteiger partial charge on any atom is -0.343 e. The molecule has 12 amide bonds. The number of nitrogens with zero attached hydrogens (tertiary/aromatic N) is 10. The molecule has 3 saturated carbocycles. The van der Waals surface area contributed by atoms with Gasteiger partial charge in [-0.1, -0.05) is 116 Å². The quantitative estimate of drug-likeness (QED) is 0.176. The number of hydrogen-bond acceptors (Lipinski definition) is 13. The van der Waals surface area contributed by atoms with Crippen LogP contribution in [0.3, 0.4) is 0 Å². The van der Waals surface area contributed by atoms with Crippen molar-refractivity contribution < 1.29 is 70.7 Å². The molecule has 0 radical (unpaired) electrons. The van der Waals surface area contributed by atoms with Gasteiger partial charge in [-0.3, -0.25) is 62.5 Å². The molecule has 3 saturated heterocycles. The molecule has 1 aromatic heterocycles. The van der Waals surface area contributed by atoms with Crippen molar-refractivity contribution in [3.8, 4) is 0 Å². The molecule has 29 heteroatoms. The van der Waals surface area contributed by atoms with Gasteiger partial charge < -0.3 is 60.0 Å². The van der Waals surface area contributed by atoms with Gasteiger partial charge in [0.1, 0.15) is 59.9 Å². The maximum atomic E-state index is 16.0. The molecule has 1 aromatic carbocycles. The van der Waals surface area contributed by atoms with E-state index in [0.29, 0.717) is 63.6 Å². The lowest BCUT2D eigenvalue weighted by Crippen LogP contribution is -2.66. The van der Waals surface area contributed by atoms with Gasteiger partial charge in [-0.15, -0.1) is 0 Å². The monoisotopic (exact) mass is 1530 g/mol. The van der Waals surface area contributed by atoms with Crippen LogP contribution >= 0.6 is 11.6 Å². The van der Waals surface area contributed by atoms with Gasteiger partial charge >= 0.3 is 6.18 Å². The van der Waals surface area contributed by atoms with Gasteiger partial charge in [-0.2, -0.15) is 13.2 Å². The summed E-state index contributed by atoms with van der Waals surface area (Å²) in [5, 5.41) is 8.26. The number of carbonyl (C=O) groups is 12. The van der Waals surface area contributed by atoms with Gasteiger partial charge in [0.2, 0.25) is 70.9 Å². The van der Waals surface area contributed by atoms with Gasteiger partial charge in [0.15, 0.2) is 0 Å². The van der Waals surface area contributed by atoms with E-state index in [9.17, 15) is 32.3 Å². The summed E-state index contributed by atoms with van der Waals surface area (Å²) in [6.07, 6.45) is 9.16. The molecule has 6 fully saturated rings. The SMILES string of the molecule is CC[C@H](C)[C@@H]1NC(=O)[C@H](CC(C)C)N(C)C(=O)C[C@@H](C(=O)N2CCCCC2)N(C)C(=O)[C@H](C2CCCCC2)N(C)C(=O)C2(CCCC2)NC(=O)[C@H](Cc2ccncc2)N(C)C(=O)[C@H](CCc2ccc(C(F)(F)F)c(Cl)c2)NC(=O)CN(C)C(=O)[C@H](CC2CCCCC2)N(C)C(=O)[C@@H]2CCN2C(=O)[C@H](C)N(C)C1=O. The smallest absolute Gasteiger partial charge is 0.343 e. The van der Waals surface area contributed by atoms with E-state index in [1.54, 1.807) is 24.0 Å². The van der Waals surface area contributed by atoms with Crippen molar-refractivity contribution in [3.63, 3.8) is 0 Å². The minimum absolute atomic E-state index is 0.00320. The molecule has 25 nitrogen and oxygen atoms in total. The molecular formula is C79H117ClF3N13O12. The van der Waals surface area contributed by atoms with Crippen molar-refractivity contribution in [1.29, 1.82) is 0 Å². The fourth-order valence-electron chi connectivity index (χ4n) is 16.8. The van der Waals surface area contributed by atoms with Gasteiger partial charge in [0, 0.05) is 87.8 Å². The van der Waals surface area contributed by atoms with Crippen LogP contribution in [-0.2, 0) is 76.6 Å². The van der Waals surface area contributed by atoms with E-state index in [0.717, 1.165) is 79.7 Å². The highest BCUT2D eigenvalue weighted by Gasteiger charge is 2.52. The van der Waals surface area contributed by atoms with Crippen molar-refractivity contribution in [2.75, 3.05) is 75.5 Å². The first kappa shape index (κ1) is 85.7. The lowest BCUT2D eigenvalue weighted by Gasteiger charge is -2.45. The Kier molecular flexibility index (Phi) is 30.3. The van der Waals surface area contributed by atoms with Crippen molar-refractivity contribution in [2.45, 2.75) is 261 Å². The highest BCUT2D eigenvalue weighted by molar-refractivity contribution is 6.31. The second-order valence-corrected chi connectivity index (χ2v) is 32.4. The fourth-order valence-corrected chi connectivity index (χ4v) is 17.1. The predicted octanol–water partition coefficient (Wildman–Crippen LogP) is 7.43. The van der Waals surface area contributed by atoms with Crippen molar-refractivity contribution in [3.05, 3.63) is 64.4 Å². The Hall–Kier alpha value is -7.91. The van der Waals surface area contributed by atoms with E-state index in [1.807, 2.05) is 20.8 Å². The molecule has 6 aliphatic rings. The Morgan fingerprint density at radius 2 is 1.24 bits per heavy atom. The van der Waals surface area contributed by atoms with Crippen LogP contribution in [0, 0.1) is 23.7 Å². The number of aromatic nitrogens is 1. The molecule has 0 unspecified atom stereocenters. The molecule has 0 bridgehead atoms. The zero-order chi connectivity index (χ0) is 79.2. The van der Waals surface area contributed by atoms with E-state index in [1.165, 1.54) is 104 Å². The second-order valence-electron chi connectivity index (χ2n) is 32.0. The largest absolute Gasteiger partial charge is 0.417 e. The lowest BCUT2D eigenvalue weighted by atomic mass is 9.81. The number of rotatable bonds is 13. The molecule has 10 atom stereocenters. The summed E-state index contributed by atoms with van der Waals surface area (Å²) in [4.78, 5) is 200. The molecule has 598 valence electrons. The number of hydrogen-bond donors (Lipinski definition) is 3. The highest BCUT2D eigenvalue weighted by Crippen LogP contribution is 2.39. The summed E-state index contributed by atoms with van der Waals surface area (Å²) < 4.78 is 42.1. The summed E-state index contributed by atoms with van der Waals surface area (Å²) in [5.74, 6) is -8.94. The molecule has 2 aromatic rings. The number of alkyl halides is 3. The average Bonchev–Trinajstić information content (AvgIpc) is 1.44. The Labute approximate surface area is 640 Å². The molecule has 108 heavy (non-hydrogen) atoms. The third-order valence-electron chi connectivity index (χ3n) is 24.1. The van der Waals surface area contributed by atoms with Crippen LogP contribution in [0.1, 0.15) is 199 Å². The molecule has 4 heterocycles.